The number of para-hydroxylation sites is 1. The second kappa shape index (κ2) is 4.95. The minimum absolute atomic E-state index is 0.151. The first-order valence-electron chi connectivity index (χ1n) is 7.78. The summed E-state index contributed by atoms with van der Waals surface area (Å²) in [5.41, 5.74) is 4.17. The Kier molecular flexibility index (Phi) is 3.15. The predicted octanol–water partition coefficient (Wildman–Crippen LogP) is 4.86. The van der Waals surface area contributed by atoms with Crippen molar-refractivity contribution in [1.82, 2.24) is 0 Å². The first kappa shape index (κ1) is 14.0. The van der Waals surface area contributed by atoms with Crippen LogP contribution in [0.1, 0.15) is 31.0 Å². The number of benzene rings is 2. The van der Waals surface area contributed by atoms with Crippen LogP contribution in [0.25, 0.3) is 0 Å². The van der Waals surface area contributed by atoms with Gasteiger partial charge < -0.3 is 10.1 Å². The normalized spacial score (nSPS) is 24.5. The molecule has 2 nitrogen and oxygen atoms in total. The van der Waals surface area contributed by atoms with Crippen LogP contribution in [0.3, 0.4) is 0 Å². The van der Waals surface area contributed by atoms with Crippen molar-refractivity contribution in [1.29, 1.82) is 0 Å². The van der Waals surface area contributed by atoms with Crippen molar-refractivity contribution in [2.24, 2.45) is 5.92 Å². The summed E-state index contributed by atoms with van der Waals surface area (Å²) in [5, 5.41) is 3.79. The van der Waals surface area contributed by atoms with Gasteiger partial charge in [0.25, 0.3) is 0 Å². The van der Waals surface area contributed by atoms with Gasteiger partial charge in [0.15, 0.2) is 0 Å². The molecule has 0 spiro atoms. The fraction of sp³-hybridized carbons (Fsp3) is 0.368. The topological polar surface area (TPSA) is 21.3 Å². The second-order valence-corrected chi connectivity index (χ2v) is 7.74. The molecule has 0 radical (unpaired) electrons. The van der Waals surface area contributed by atoms with Gasteiger partial charge in [-0.05, 0) is 29.2 Å². The molecule has 0 fully saturated rings. The number of ether oxygens (including phenoxy) is 1. The Balaban J connectivity index is 1.90. The van der Waals surface area contributed by atoms with Crippen molar-refractivity contribution in [3.05, 3.63) is 53.6 Å². The summed E-state index contributed by atoms with van der Waals surface area (Å²) in [7, 11) is 1.77. The third-order valence-electron chi connectivity index (χ3n) is 5.24. The summed E-state index contributed by atoms with van der Waals surface area (Å²) in [5.74, 6) is 2.69. The molecule has 0 amide bonds. The number of rotatable bonds is 1. The molecule has 22 heavy (non-hydrogen) atoms. The number of methoxy groups -OCH3 is 1. The van der Waals surface area contributed by atoms with Gasteiger partial charge in [-0.15, -0.1) is 11.8 Å². The van der Waals surface area contributed by atoms with E-state index >= 15 is 0 Å². The Labute approximate surface area is 136 Å². The van der Waals surface area contributed by atoms with Crippen LogP contribution >= 0.6 is 11.8 Å². The number of thioether (sulfide) groups is 1. The van der Waals surface area contributed by atoms with Gasteiger partial charge in [0, 0.05) is 27.8 Å². The highest BCUT2D eigenvalue weighted by molar-refractivity contribution is 7.99. The molecule has 4 rings (SSSR count). The number of anilines is 1. The number of fused-ring (bicyclic) bond motifs is 4. The lowest BCUT2D eigenvalue weighted by molar-refractivity contribution is 0.286. The first-order chi connectivity index (χ1) is 10.6. The maximum Gasteiger partial charge on any atom is 0.125 e. The quantitative estimate of drug-likeness (QED) is 0.812. The lowest BCUT2D eigenvalue weighted by Crippen LogP contribution is -2.44. The van der Waals surface area contributed by atoms with E-state index in [1.807, 2.05) is 11.8 Å². The van der Waals surface area contributed by atoms with Crippen LogP contribution in [-0.4, -0.2) is 12.9 Å². The summed E-state index contributed by atoms with van der Waals surface area (Å²) < 4.78 is 5.66. The van der Waals surface area contributed by atoms with Gasteiger partial charge in [0.05, 0.1) is 13.2 Å². The fourth-order valence-corrected chi connectivity index (χ4v) is 5.47. The van der Waals surface area contributed by atoms with Gasteiger partial charge in [-0.2, -0.15) is 0 Å². The smallest absolute Gasteiger partial charge is 0.125 e. The molecule has 2 atom stereocenters. The third-order valence-corrected chi connectivity index (χ3v) is 6.43. The molecule has 3 heteroatoms. The summed E-state index contributed by atoms with van der Waals surface area (Å²) in [6.07, 6.45) is 0. The van der Waals surface area contributed by atoms with Crippen molar-refractivity contribution in [3.63, 3.8) is 0 Å². The third kappa shape index (κ3) is 1.88. The fourth-order valence-electron chi connectivity index (χ4n) is 3.95. The van der Waals surface area contributed by atoms with Crippen molar-refractivity contribution in [2.45, 2.75) is 30.2 Å². The molecular formula is C19H21NOS. The van der Waals surface area contributed by atoms with E-state index in [4.69, 9.17) is 4.74 Å². The molecule has 0 saturated carbocycles. The summed E-state index contributed by atoms with van der Waals surface area (Å²) >= 11 is 1.96. The van der Waals surface area contributed by atoms with Gasteiger partial charge in [-0.25, -0.2) is 0 Å². The Morgan fingerprint density at radius 3 is 2.77 bits per heavy atom. The van der Waals surface area contributed by atoms with E-state index in [-0.39, 0.29) is 5.41 Å². The van der Waals surface area contributed by atoms with E-state index in [0.717, 1.165) is 11.5 Å². The van der Waals surface area contributed by atoms with Gasteiger partial charge in [-0.1, -0.05) is 38.1 Å². The highest BCUT2D eigenvalue weighted by Gasteiger charge is 2.46. The van der Waals surface area contributed by atoms with Crippen LogP contribution in [-0.2, 0) is 5.41 Å². The highest BCUT2D eigenvalue weighted by atomic mass is 32.2. The average molecular weight is 311 g/mol. The van der Waals surface area contributed by atoms with Crippen LogP contribution in [0.5, 0.6) is 5.75 Å². The number of nitrogens with one attached hydrogen (secondary N) is 1. The van der Waals surface area contributed by atoms with E-state index < -0.39 is 0 Å². The highest BCUT2D eigenvalue weighted by Crippen LogP contribution is 2.55. The van der Waals surface area contributed by atoms with E-state index in [9.17, 15) is 0 Å². The lowest BCUT2D eigenvalue weighted by Gasteiger charge is -2.49. The zero-order valence-electron chi connectivity index (χ0n) is 13.2. The minimum Gasteiger partial charge on any atom is -0.496 e. The molecule has 1 N–H and O–H groups in total. The molecule has 0 aliphatic carbocycles. The van der Waals surface area contributed by atoms with Crippen molar-refractivity contribution in [3.8, 4) is 5.75 Å². The molecule has 2 aliphatic heterocycles. The standard InChI is InChI=1S/C19H21NOS/c1-19(2)12-7-4-5-8-14(12)20-18-13(19)11-22-16-10-6-9-15(21-3)17(16)18/h4-10,13,18,20H,11H2,1-3H3/t13-,18-/m0/s1. The predicted molar refractivity (Wildman–Crippen MR) is 93.0 cm³/mol. The Morgan fingerprint density at radius 2 is 1.95 bits per heavy atom. The molecule has 2 aliphatic rings. The van der Waals surface area contributed by atoms with E-state index in [1.54, 1.807) is 7.11 Å². The van der Waals surface area contributed by atoms with E-state index in [2.05, 4.69) is 61.6 Å². The molecule has 0 aromatic heterocycles. The van der Waals surface area contributed by atoms with Gasteiger partial charge in [-0.3, -0.25) is 0 Å². The second-order valence-electron chi connectivity index (χ2n) is 6.68. The molecule has 2 heterocycles. The summed E-state index contributed by atoms with van der Waals surface area (Å²) in [4.78, 5) is 1.35. The van der Waals surface area contributed by atoms with Crippen LogP contribution in [0.15, 0.2) is 47.4 Å². The molecule has 2 aromatic carbocycles. The number of hydrogen-bond acceptors (Lipinski definition) is 3. The first-order valence-corrected chi connectivity index (χ1v) is 8.77. The van der Waals surface area contributed by atoms with Crippen molar-refractivity contribution < 1.29 is 4.74 Å². The maximum absolute atomic E-state index is 5.66. The Bertz CT molecular complexity index is 711. The monoisotopic (exact) mass is 311 g/mol. The molecular weight excluding hydrogens is 290 g/mol. The summed E-state index contributed by atoms with van der Waals surface area (Å²) in [6.45, 7) is 4.76. The molecule has 2 aromatic rings. The van der Waals surface area contributed by atoms with Crippen LogP contribution < -0.4 is 10.1 Å². The van der Waals surface area contributed by atoms with Crippen molar-refractivity contribution in [2.75, 3.05) is 18.2 Å². The largest absolute Gasteiger partial charge is 0.496 e. The summed E-state index contributed by atoms with van der Waals surface area (Å²) in [6, 6.07) is 15.4. The molecule has 114 valence electrons. The molecule has 0 bridgehead atoms. The average Bonchev–Trinajstić information content (AvgIpc) is 2.54. The number of hydrogen-bond donors (Lipinski definition) is 1. The maximum atomic E-state index is 5.66. The Hall–Kier alpha value is -1.61. The van der Waals surface area contributed by atoms with Crippen LogP contribution in [0.4, 0.5) is 5.69 Å². The van der Waals surface area contributed by atoms with Crippen molar-refractivity contribution >= 4 is 17.4 Å². The zero-order valence-corrected chi connectivity index (χ0v) is 14.0. The van der Waals surface area contributed by atoms with E-state index in [1.165, 1.54) is 21.7 Å². The minimum atomic E-state index is 0.151. The van der Waals surface area contributed by atoms with Gasteiger partial charge in [0.2, 0.25) is 0 Å². The SMILES string of the molecule is COc1cccc2c1[C@H]1Nc3ccccc3C(C)(C)[C@H]1CS2. The zero-order chi connectivity index (χ0) is 15.3. The Morgan fingerprint density at radius 1 is 1.14 bits per heavy atom. The van der Waals surface area contributed by atoms with Gasteiger partial charge in [0.1, 0.15) is 5.75 Å². The lowest BCUT2D eigenvalue weighted by atomic mass is 9.66. The molecule has 0 unspecified atom stereocenters. The van der Waals surface area contributed by atoms with E-state index in [0.29, 0.717) is 12.0 Å². The van der Waals surface area contributed by atoms with Gasteiger partial charge >= 0.3 is 0 Å². The molecule has 0 saturated heterocycles. The van der Waals surface area contributed by atoms with Crippen LogP contribution in [0.2, 0.25) is 0 Å². The van der Waals surface area contributed by atoms with Crippen LogP contribution in [0, 0.1) is 5.92 Å².